The van der Waals surface area contributed by atoms with Gasteiger partial charge in [0.25, 0.3) is 0 Å². The fraction of sp³-hybridized carbons (Fsp3) is 0.235. The second-order valence-corrected chi connectivity index (χ2v) is 5.54. The van der Waals surface area contributed by atoms with Crippen molar-refractivity contribution < 1.29 is 14.3 Å². The Balaban J connectivity index is 1.49. The molecule has 3 rings (SSSR count). The van der Waals surface area contributed by atoms with Gasteiger partial charge in [0.15, 0.2) is 11.5 Å². The van der Waals surface area contributed by atoms with Crippen molar-refractivity contribution in [3.63, 3.8) is 0 Å². The highest BCUT2D eigenvalue weighted by molar-refractivity contribution is 6.30. The lowest BCUT2D eigenvalue weighted by atomic mass is 10.1. The van der Waals surface area contributed by atoms with Crippen LogP contribution in [0.2, 0.25) is 5.02 Å². The van der Waals surface area contributed by atoms with Crippen LogP contribution in [0.1, 0.15) is 5.56 Å². The Bertz CT molecular complexity index is 657. The summed E-state index contributed by atoms with van der Waals surface area (Å²) in [6.45, 7) is 0.846. The molecule has 0 radical (unpaired) electrons. The molecule has 0 bridgehead atoms. The number of ether oxygens (including phenoxy) is 2. The molecule has 1 aliphatic rings. The molecule has 0 aliphatic carbocycles. The molecule has 1 unspecified atom stereocenters. The van der Waals surface area contributed by atoms with E-state index in [2.05, 4.69) is 5.32 Å². The molecular weight excluding hydrogens is 302 g/mol. The number of carbonyl (C=O) groups excluding carboxylic acids is 1. The number of hydrogen-bond acceptors (Lipinski definition) is 3. The molecule has 1 atom stereocenters. The lowest BCUT2D eigenvalue weighted by Crippen LogP contribution is -2.41. The number of fused-ring (bicyclic) bond motifs is 1. The number of halogens is 1. The van der Waals surface area contributed by atoms with Gasteiger partial charge in [0.05, 0.1) is 13.0 Å². The van der Waals surface area contributed by atoms with Crippen molar-refractivity contribution in [1.29, 1.82) is 0 Å². The molecule has 0 aromatic heterocycles. The fourth-order valence-corrected chi connectivity index (χ4v) is 2.37. The average molecular weight is 318 g/mol. The van der Waals surface area contributed by atoms with Gasteiger partial charge in [0.1, 0.15) is 12.7 Å². The van der Waals surface area contributed by atoms with Crippen molar-refractivity contribution in [3.05, 3.63) is 59.1 Å². The van der Waals surface area contributed by atoms with E-state index in [1.54, 1.807) is 12.1 Å². The van der Waals surface area contributed by atoms with Gasteiger partial charge < -0.3 is 14.8 Å². The highest BCUT2D eigenvalue weighted by atomic mass is 35.5. The number of hydrogen-bond donors (Lipinski definition) is 1. The highest BCUT2D eigenvalue weighted by Crippen LogP contribution is 2.30. The molecule has 0 fully saturated rings. The number of para-hydroxylation sites is 2. The maximum absolute atomic E-state index is 11.9. The van der Waals surface area contributed by atoms with Gasteiger partial charge in [0.2, 0.25) is 5.91 Å². The monoisotopic (exact) mass is 317 g/mol. The van der Waals surface area contributed by atoms with Crippen LogP contribution in [-0.4, -0.2) is 25.2 Å². The zero-order chi connectivity index (χ0) is 15.4. The Labute approximate surface area is 134 Å². The highest BCUT2D eigenvalue weighted by Gasteiger charge is 2.20. The molecule has 0 spiro atoms. The standard InChI is InChI=1S/C17H16ClNO3/c18-13-7-5-12(6-8-13)9-17(20)19-10-14-11-21-15-3-1-2-4-16(15)22-14/h1-8,14H,9-11H2,(H,19,20). The van der Waals surface area contributed by atoms with Gasteiger partial charge in [-0.3, -0.25) is 4.79 Å². The summed E-state index contributed by atoms with van der Waals surface area (Å²) in [6, 6.07) is 14.8. The van der Waals surface area contributed by atoms with Gasteiger partial charge in [-0.25, -0.2) is 0 Å². The van der Waals surface area contributed by atoms with E-state index in [0.717, 1.165) is 11.3 Å². The maximum Gasteiger partial charge on any atom is 0.224 e. The summed E-state index contributed by atoms with van der Waals surface area (Å²) in [5.74, 6) is 1.40. The van der Waals surface area contributed by atoms with E-state index in [1.165, 1.54) is 0 Å². The van der Waals surface area contributed by atoms with E-state index in [0.29, 0.717) is 30.3 Å². The number of nitrogens with one attached hydrogen (secondary N) is 1. The zero-order valence-electron chi connectivity index (χ0n) is 11.9. The third-order valence-corrected chi connectivity index (χ3v) is 3.62. The normalized spacial score (nSPS) is 16.1. The number of rotatable bonds is 4. The molecule has 5 heteroatoms. The lowest BCUT2D eigenvalue weighted by Gasteiger charge is -2.26. The van der Waals surface area contributed by atoms with E-state index in [-0.39, 0.29) is 12.0 Å². The number of carbonyl (C=O) groups is 1. The third-order valence-electron chi connectivity index (χ3n) is 3.37. The van der Waals surface area contributed by atoms with E-state index in [1.807, 2.05) is 36.4 Å². The van der Waals surface area contributed by atoms with Crippen LogP contribution in [0.4, 0.5) is 0 Å². The van der Waals surface area contributed by atoms with Gasteiger partial charge >= 0.3 is 0 Å². The summed E-state index contributed by atoms with van der Waals surface area (Å²) in [5, 5.41) is 3.53. The summed E-state index contributed by atoms with van der Waals surface area (Å²) in [4.78, 5) is 11.9. The van der Waals surface area contributed by atoms with Crippen molar-refractivity contribution >= 4 is 17.5 Å². The van der Waals surface area contributed by atoms with Crippen molar-refractivity contribution in [1.82, 2.24) is 5.32 Å². The SMILES string of the molecule is O=C(Cc1ccc(Cl)cc1)NCC1COc2ccccc2O1. The van der Waals surface area contributed by atoms with E-state index >= 15 is 0 Å². The quantitative estimate of drug-likeness (QED) is 0.943. The third kappa shape index (κ3) is 3.71. The Morgan fingerprint density at radius 2 is 1.86 bits per heavy atom. The second kappa shape index (κ2) is 6.71. The molecule has 2 aromatic carbocycles. The Kier molecular flexibility index (Phi) is 4.49. The average Bonchev–Trinajstić information content (AvgIpc) is 2.55. The molecule has 1 heterocycles. The maximum atomic E-state index is 11.9. The van der Waals surface area contributed by atoms with Crippen molar-refractivity contribution in [3.8, 4) is 11.5 Å². The first-order valence-electron chi connectivity index (χ1n) is 7.10. The van der Waals surface area contributed by atoms with Crippen LogP contribution in [0.3, 0.4) is 0 Å². The predicted molar refractivity (Wildman–Crippen MR) is 84.5 cm³/mol. The molecule has 0 saturated carbocycles. The molecule has 114 valence electrons. The molecule has 22 heavy (non-hydrogen) atoms. The summed E-state index contributed by atoms with van der Waals surface area (Å²) >= 11 is 5.82. The van der Waals surface area contributed by atoms with E-state index in [4.69, 9.17) is 21.1 Å². The van der Waals surface area contributed by atoms with Gasteiger partial charge in [-0.1, -0.05) is 35.9 Å². The topological polar surface area (TPSA) is 47.6 Å². The molecular formula is C17H16ClNO3. The minimum absolute atomic E-state index is 0.0511. The van der Waals surface area contributed by atoms with Gasteiger partial charge in [-0.15, -0.1) is 0 Å². The summed E-state index contributed by atoms with van der Waals surface area (Å²) in [5.41, 5.74) is 0.924. The molecule has 2 aromatic rings. The van der Waals surface area contributed by atoms with Crippen molar-refractivity contribution in [2.75, 3.05) is 13.2 Å². The van der Waals surface area contributed by atoms with Crippen LogP contribution in [0.25, 0.3) is 0 Å². The van der Waals surface area contributed by atoms with E-state index < -0.39 is 0 Å². The zero-order valence-corrected chi connectivity index (χ0v) is 12.7. The van der Waals surface area contributed by atoms with Crippen LogP contribution >= 0.6 is 11.6 Å². The molecule has 1 N–H and O–H groups in total. The van der Waals surface area contributed by atoms with E-state index in [9.17, 15) is 4.79 Å². The molecule has 1 amide bonds. The van der Waals surface area contributed by atoms with Crippen LogP contribution in [0, 0.1) is 0 Å². The second-order valence-electron chi connectivity index (χ2n) is 5.10. The summed E-state index contributed by atoms with van der Waals surface area (Å²) in [7, 11) is 0. The largest absolute Gasteiger partial charge is 0.486 e. The number of amides is 1. The van der Waals surface area contributed by atoms with Crippen molar-refractivity contribution in [2.45, 2.75) is 12.5 Å². The van der Waals surface area contributed by atoms with Crippen LogP contribution in [0.15, 0.2) is 48.5 Å². The first kappa shape index (κ1) is 14.7. The first-order chi connectivity index (χ1) is 10.7. The predicted octanol–water partition coefficient (Wildman–Crippen LogP) is 2.84. The molecule has 0 saturated heterocycles. The van der Waals surface area contributed by atoms with Crippen LogP contribution < -0.4 is 14.8 Å². The van der Waals surface area contributed by atoms with Crippen LogP contribution in [-0.2, 0) is 11.2 Å². The van der Waals surface area contributed by atoms with Crippen LogP contribution in [0.5, 0.6) is 11.5 Å². The molecule has 4 nitrogen and oxygen atoms in total. The smallest absolute Gasteiger partial charge is 0.224 e. The Morgan fingerprint density at radius 3 is 2.64 bits per heavy atom. The minimum atomic E-state index is -0.177. The Morgan fingerprint density at radius 1 is 1.14 bits per heavy atom. The first-order valence-corrected chi connectivity index (χ1v) is 7.48. The summed E-state index contributed by atoms with van der Waals surface area (Å²) in [6.07, 6.45) is 0.144. The number of benzene rings is 2. The lowest BCUT2D eigenvalue weighted by molar-refractivity contribution is -0.120. The summed E-state index contributed by atoms with van der Waals surface area (Å²) < 4.78 is 11.4. The van der Waals surface area contributed by atoms with Gasteiger partial charge in [-0.05, 0) is 29.8 Å². The van der Waals surface area contributed by atoms with Gasteiger partial charge in [-0.2, -0.15) is 0 Å². The van der Waals surface area contributed by atoms with Gasteiger partial charge in [0, 0.05) is 5.02 Å². The Hall–Kier alpha value is -2.20. The minimum Gasteiger partial charge on any atom is -0.486 e. The fourth-order valence-electron chi connectivity index (χ4n) is 2.24. The molecule has 1 aliphatic heterocycles. The van der Waals surface area contributed by atoms with Crippen molar-refractivity contribution in [2.24, 2.45) is 0 Å².